The predicted octanol–water partition coefficient (Wildman–Crippen LogP) is 5.74. The summed E-state index contributed by atoms with van der Waals surface area (Å²) < 4.78 is 10.6. The minimum Gasteiger partial charge on any atom is -0.465 e. The standard InChI is InChI=1S/C33H36N2O4/c1-38-32(37)29-7-6-27(17-30(29)33-18-21-12-22(19-33)14-23(13-21)20-33)25-2-3-26-16-28(5-4-24(26)15-25)31(36)34-35-8-10-39-11-9-35/h2-7,15-17,21-23H,8-14,18-20H2,1H3,(H,34,36). The number of amides is 1. The number of carbonyl (C=O) groups excluding carboxylic acids is 2. The number of carbonyl (C=O) groups is 2. The first-order chi connectivity index (χ1) is 19.0. The van der Waals surface area contributed by atoms with E-state index >= 15 is 0 Å². The maximum absolute atomic E-state index is 12.9. The second kappa shape index (κ2) is 9.76. The van der Waals surface area contributed by atoms with E-state index in [4.69, 9.17) is 9.47 Å². The summed E-state index contributed by atoms with van der Waals surface area (Å²) >= 11 is 0. The average molecular weight is 525 g/mol. The number of nitrogens with zero attached hydrogens (tertiary/aromatic N) is 1. The summed E-state index contributed by atoms with van der Waals surface area (Å²) in [6, 6.07) is 18.6. The van der Waals surface area contributed by atoms with E-state index in [1.54, 1.807) is 0 Å². The van der Waals surface area contributed by atoms with Crippen LogP contribution in [-0.4, -0.2) is 50.3 Å². The van der Waals surface area contributed by atoms with Gasteiger partial charge in [0.25, 0.3) is 5.91 Å². The Bertz CT molecular complexity index is 1410. The fraction of sp³-hybridized carbons (Fsp3) is 0.455. The Balaban J connectivity index is 1.21. The Kier molecular flexibility index (Phi) is 6.20. The molecule has 3 aromatic rings. The van der Waals surface area contributed by atoms with Gasteiger partial charge in [0.2, 0.25) is 0 Å². The molecule has 4 saturated carbocycles. The van der Waals surface area contributed by atoms with Crippen molar-refractivity contribution in [3.63, 3.8) is 0 Å². The Morgan fingerprint density at radius 1 is 0.846 bits per heavy atom. The molecular formula is C33H36N2O4. The van der Waals surface area contributed by atoms with Gasteiger partial charge in [0.1, 0.15) is 0 Å². The lowest BCUT2D eigenvalue weighted by Crippen LogP contribution is -2.49. The van der Waals surface area contributed by atoms with E-state index in [2.05, 4.69) is 35.8 Å². The molecule has 6 heteroatoms. The highest BCUT2D eigenvalue weighted by Crippen LogP contribution is 2.61. The fourth-order valence-electron chi connectivity index (χ4n) is 8.34. The summed E-state index contributed by atoms with van der Waals surface area (Å²) in [6.45, 7) is 2.66. The van der Waals surface area contributed by atoms with Crippen LogP contribution in [0.4, 0.5) is 0 Å². The molecule has 1 saturated heterocycles. The predicted molar refractivity (Wildman–Crippen MR) is 150 cm³/mol. The molecule has 0 aromatic heterocycles. The van der Waals surface area contributed by atoms with E-state index < -0.39 is 0 Å². The molecule has 8 rings (SSSR count). The lowest BCUT2D eigenvalue weighted by molar-refractivity contribution is -0.00591. The summed E-state index contributed by atoms with van der Waals surface area (Å²) in [5.74, 6) is 2.05. The number of fused-ring (bicyclic) bond motifs is 1. The van der Waals surface area contributed by atoms with Crippen molar-refractivity contribution in [2.75, 3.05) is 33.4 Å². The monoisotopic (exact) mass is 524 g/mol. The van der Waals surface area contributed by atoms with Crippen LogP contribution in [0.2, 0.25) is 0 Å². The summed E-state index contributed by atoms with van der Waals surface area (Å²) in [5, 5.41) is 4.03. The third-order valence-electron chi connectivity index (χ3n) is 9.74. The van der Waals surface area contributed by atoms with Gasteiger partial charge in [-0.05, 0) is 119 Å². The number of methoxy groups -OCH3 is 1. The number of esters is 1. The van der Waals surface area contributed by atoms with E-state index in [1.807, 2.05) is 29.3 Å². The number of hydrogen-bond acceptors (Lipinski definition) is 5. The number of hydrogen-bond donors (Lipinski definition) is 1. The first kappa shape index (κ1) is 24.8. The van der Waals surface area contributed by atoms with Crippen LogP contribution < -0.4 is 5.43 Å². The normalized spacial score (nSPS) is 28.0. The Hall–Kier alpha value is -3.22. The zero-order valence-corrected chi connectivity index (χ0v) is 22.6. The second-order valence-electron chi connectivity index (χ2n) is 12.3. The summed E-state index contributed by atoms with van der Waals surface area (Å²) in [5.41, 5.74) is 7.91. The van der Waals surface area contributed by atoms with E-state index in [9.17, 15) is 9.59 Å². The Morgan fingerprint density at radius 2 is 1.46 bits per heavy atom. The first-order valence-corrected chi connectivity index (χ1v) is 14.4. The minimum absolute atomic E-state index is 0.0911. The van der Waals surface area contributed by atoms with Crippen molar-refractivity contribution in [2.24, 2.45) is 17.8 Å². The second-order valence-corrected chi connectivity index (χ2v) is 12.3. The molecular weight excluding hydrogens is 488 g/mol. The van der Waals surface area contributed by atoms with Crippen molar-refractivity contribution in [1.29, 1.82) is 0 Å². The van der Waals surface area contributed by atoms with Crippen LogP contribution in [0, 0.1) is 17.8 Å². The van der Waals surface area contributed by atoms with Crippen LogP contribution in [-0.2, 0) is 14.9 Å². The van der Waals surface area contributed by atoms with Gasteiger partial charge in [-0.15, -0.1) is 0 Å². The molecule has 39 heavy (non-hydrogen) atoms. The van der Waals surface area contributed by atoms with Crippen LogP contribution >= 0.6 is 0 Å². The van der Waals surface area contributed by atoms with Crippen molar-refractivity contribution in [3.8, 4) is 11.1 Å². The molecule has 0 radical (unpaired) electrons. The summed E-state index contributed by atoms with van der Waals surface area (Å²) in [7, 11) is 1.48. The third kappa shape index (κ3) is 4.53. The molecule has 1 aliphatic heterocycles. The van der Waals surface area contributed by atoms with Crippen LogP contribution in [0.1, 0.15) is 64.8 Å². The SMILES string of the molecule is COC(=O)c1ccc(-c2ccc3cc(C(=O)NN4CCOCC4)ccc3c2)cc1C12CC3CC(CC(C3)C1)C2. The molecule has 1 N–H and O–H groups in total. The van der Waals surface area contributed by atoms with E-state index in [0.717, 1.165) is 45.2 Å². The number of nitrogens with one attached hydrogen (secondary N) is 1. The molecule has 5 aliphatic rings. The van der Waals surface area contributed by atoms with Crippen molar-refractivity contribution in [2.45, 2.75) is 43.9 Å². The lowest BCUT2D eigenvalue weighted by Gasteiger charge is -2.57. The zero-order valence-electron chi connectivity index (χ0n) is 22.6. The molecule has 1 heterocycles. The highest BCUT2D eigenvalue weighted by atomic mass is 16.5. The lowest BCUT2D eigenvalue weighted by atomic mass is 9.47. The first-order valence-electron chi connectivity index (χ1n) is 14.4. The van der Waals surface area contributed by atoms with E-state index in [0.29, 0.717) is 31.9 Å². The maximum Gasteiger partial charge on any atom is 0.338 e. The average Bonchev–Trinajstić information content (AvgIpc) is 2.95. The molecule has 1 amide bonds. The number of benzene rings is 3. The van der Waals surface area contributed by atoms with E-state index in [1.165, 1.54) is 51.2 Å². The summed E-state index contributed by atoms with van der Waals surface area (Å²) in [6.07, 6.45) is 7.68. The summed E-state index contributed by atoms with van der Waals surface area (Å²) in [4.78, 5) is 25.7. The van der Waals surface area contributed by atoms with Crippen LogP contribution in [0.25, 0.3) is 21.9 Å². The maximum atomic E-state index is 12.9. The molecule has 3 aromatic carbocycles. The van der Waals surface area contributed by atoms with Crippen molar-refractivity contribution < 1.29 is 19.1 Å². The number of rotatable bonds is 5. The molecule has 0 unspecified atom stereocenters. The van der Waals surface area contributed by atoms with Gasteiger partial charge < -0.3 is 9.47 Å². The molecule has 5 fully saturated rings. The Morgan fingerprint density at radius 3 is 2.15 bits per heavy atom. The highest BCUT2D eigenvalue weighted by Gasteiger charge is 2.52. The zero-order chi connectivity index (χ0) is 26.6. The fourth-order valence-corrected chi connectivity index (χ4v) is 8.34. The van der Waals surface area contributed by atoms with Crippen LogP contribution in [0.5, 0.6) is 0 Å². The Labute approximate surface area is 229 Å². The van der Waals surface area contributed by atoms with Gasteiger partial charge in [0, 0.05) is 18.7 Å². The van der Waals surface area contributed by atoms with Gasteiger partial charge in [-0.1, -0.05) is 24.3 Å². The largest absolute Gasteiger partial charge is 0.465 e. The van der Waals surface area contributed by atoms with Gasteiger partial charge in [0.15, 0.2) is 0 Å². The smallest absolute Gasteiger partial charge is 0.338 e. The minimum atomic E-state index is -0.228. The van der Waals surface area contributed by atoms with Gasteiger partial charge in [-0.25, -0.2) is 9.80 Å². The molecule has 0 atom stereocenters. The topological polar surface area (TPSA) is 67.9 Å². The number of hydrazine groups is 1. The molecule has 4 aliphatic carbocycles. The van der Waals surface area contributed by atoms with Gasteiger partial charge in [0.05, 0.1) is 25.9 Å². The van der Waals surface area contributed by atoms with Gasteiger partial charge in [-0.3, -0.25) is 10.2 Å². The van der Waals surface area contributed by atoms with Crippen LogP contribution in [0.15, 0.2) is 54.6 Å². The quantitative estimate of drug-likeness (QED) is 0.431. The molecule has 4 bridgehead atoms. The van der Waals surface area contributed by atoms with Crippen LogP contribution in [0.3, 0.4) is 0 Å². The van der Waals surface area contributed by atoms with Gasteiger partial charge in [-0.2, -0.15) is 0 Å². The highest BCUT2D eigenvalue weighted by molar-refractivity contribution is 5.99. The molecule has 0 spiro atoms. The third-order valence-corrected chi connectivity index (χ3v) is 9.74. The number of morpholine rings is 1. The van der Waals surface area contributed by atoms with Gasteiger partial charge >= 0.3 is 5.97 Å². The van der Waals surface area contributed by atoms with Crippen molar-refractivity contribution in [3.05, 3.63) is 71.3 Å². The van der Waals surface area contributed by atoms with Crippen molar-refractivity contribution >= 4 is 22.6 Å². The van der Waals surface area contributed by atoms with Crippen molar-refractivity contribution in [1.82, 2.24) is 10.4 Å². The number of ether oxygens (including phenoxy) is 2. The van der Waals surface area contributed by atoms with E-state index in [-0.39, 0.29) is 17.3 Å². The molecule has 6 nitrogen and oxygen atoms in total. The molecule has 202 valence electrons.